The van der Waals surface area contributed by atoms with E-state index < -0.39 is 10.7 Å². The Morgan fingerprint density at radius 2 is 1.57 bits per heavy atom. The lowest BCUT2D eigenvalue weighted by Crippen LogP contribution is -2.89. The highest BCUT2D eigenvalue weighted by Crippen LogP contribution is 2.35. The average Bonchev–Trinajstić information content (AvgIpc) is 2.84. The summed E-state index contributed by atoms with van der Waals surface area (Å²) in [5, 5.41) is 13.5. The van der Waals surface area contributed by atoms with E-state index in [4.69, 9.17) is 0 Å². The maximum absolute atomic E-state index is 14.5. The van der Waals surface area contributed by atoms with E-state index in [1.807, 2.05) is 9.80 Å². The SMILES string of the molecule is O=[N+]([O-])c1cc(F)c(N2CCCCCC2)cc1N1CC[NH2+]CC1. The lowest BCUT2D eigenvalue weighted by atomic mass is 10.1. The lowest BCUT2D eigenvalue weighted by Gasteiger charge is -2.29. The van der Waals surface area contributed by atoms with Crippen LogP contribution in [-0.2, 0) is 0 Å². The molecule has 0 radical (unpaired) electrons. The molecule has 7 heteroatoms. The van der Waals surface area contributed by atoms with Crippen LogP contribution in [0.4, 0.5) is 21.5 Å². The molecule has 2 saturated heterocycles. The molecule has 6 nitrogen and oxygen atoms in total. The molecule has 0 atom stereocenters. The Labute approximate surface area is 135 Å². The highest BCUT2D eigenvalue weighted by molar-refractivity contribution is 5.71. The Morgan fingerprint density at radius 1 is 0.957 bits per heavy atom. The Hall–Kier alpha value is -1.89. The first-order valence-corrected chi connectivity index (χ1v) is 8.46. The summed E-state index contributed by atoms with van der Waals surface area (Å²) in [6.45, 7) is 4.98. The average molecular weight is 323 g/mol. The number of piperazine rings is 1. The zero-order valence-corrected chi connectivity index (χ0v) is 13.3. The third-order valence-electron chi connectivity index (χ3n) is 4.73. The van der Waals surface area contributed by atoms with Crippen LogP contribution in [0.25, 0.3) is 0 Å². The highest BCUT2D eigenvalue weighted by atomic mass is 19.1. The summed E-state index contributed by atoms with van der Waals surface area (Å²) < 4.78 is 14.5. The van der Waals surface area contributed by atoms with Crippen LogP contribution in [0.3, 0.4) is 0 Å². The number of anilines is 2. The van der Waals surface area contributed by atoms with Crippen molar-refractivity contribution in [2.75, 3.05) is 49.1 Å². The number of benzene rings is 1. The molecule has 0 unspecified atom stereocenters. The number of nitrogens with two attached hydrogens (primary N) is 1. The van der Waals surface area contributed by atoms with E-state index in [9.17, 15) is 14.5 Å². The molecule has 0 spiro atoms. The molecule has 0 aromatic heterocycles. The first kappa shape index (κ1) is 16.0. The van der Waals surface area contributed by atoms with Gasteiger partial charge in [-0.05, 0) is 18.9 Å². The number of hydrogen-bond acceptors (Lipinski definition) is 4. The van der Waals surface area contributed by atoms with Crippen LogP contribution >= 0.6 is 0 Å². The van der Waals surface area contributed by atoms with Crippen LogP contribution in [0, 0.1) is 15.9 Å². The smallest absolute Gasteiger partial charge is 0.295 e. The van der Waals surface area contributed by atoms with Crippen LogP contribution < -0.4 is 15.1 Å². The molecule has 2 fully saturated rings. The number of nitro groups is 1. The van der Waals surface area contributed by atoms with Crippen molar-refractivity contribution < 1.29 is 14.6 Å². The Morgan fingerprint density at radius 3 is 2.17 bits per heavy atom. The third kappa shape index (κ3) is 3.55. The number of halogens is 1. The van der Waals surface area contributed by atoms with Crippen molar-refractivity contribution >= 4 is 17.1 Å². The molecule has 2 heterocycles. The van der Waals surface area contributed by atoms with Gasteiger partial charge in [0.2, 0.25) is 0 Å². The summed E-state index contributed by atoms with van der Waals surface area (Å²) >= 11 is 0. The summed E-state index contributed by atoms with van der Waals surface area (Å²) in [6, 6.07) is 2.80. The Bertz CT molecular complexity index is 567. The fraction of sp³-hybridized carbons (Fsp3) is 0.625. The van der Waals surface area contributed by atoms with Gasteiger partial charge in [0, 0.05) is 13.1 Å². The van der Waals surface area contributed by atoms with Gasteiger partial charge in [-0.25, -0.2) is 4.39 Å². The lowest BCUT2D eigenvalue weighted by molar-refractivity contribution is -0.655. The zero-order valence-electron chi connectivity index (χ0n) is 13.3. The van der Waals surface area contributed by atoms with Gasteiger partial charge in [0.15, 0.2) is 5.82 Å². The van der Waals surface area contributed by atoms with Gasteiger partial charge >= 0.3 is 0 Å². The van der Waals surface area contributed by atoms with E-state index in [0.29, 0.717) is 11.4 Å². The first-order chi connectivity index (χ1) is 11.2. The summed E-state index contributed by atoms with van der Waals surface area (Å²) in [5.74, 6) is -0.481. The molecule has 2 N–H and O–H groups in total. The maximum Gasteiger partial charge on any atom is 0.295 e. The highest BCUT2D eigenvalue weighted by Gasteiger charge is 2.26. The van der Waals surface area contributed by atoms with Gasteiger partial charge in [0.05, 0.1) is 42.9 Å². The number of hydrogen-bond donors (Lipinski definition) is 1. The molecule has 2 aliphatic rings. The predicted octanol–water partition coefficient (Wildman–Crippen LogP) is 1.50. The van der Waals surface area contributed by atoms with Gasteiger partial charge in [-0.1, -0.05) is 12.8 Å². The minimum Gasteiger partial charge on any atom is -0.369 e. The predicted molar refractivity (Wildman–Crippen MR) is 87.6 cm³/mol. The van der Waals surface area contributed by atoms with Gasteiger partial charge < -0.3 is 15.1 Å². The zero-order chi connectivity index (χ0) is 16.2. The Kier molecular flexibility index (Phi) is 4.95. The van der Waals surface area contributed by atoms with E-state index in [1.54, 1.807) is 6.07 Å². The summed E-state index contributed by atoms with van der Waals surface area (Å²) in [6.07, 6.45) is 4.43. The minimum absolute atomic E-state index is 0.122. The second-order valence-electron chi connectivity index (χ2n) is 6.30. The maximum atomic E-state index is 14.5. The van der Waals surface area contributed by atoms with Gasteiger partial charge in [0.1, 0.15) is 5.69 Å². The van der Waals surface area contributed by atoms with Crippen molar-refractivity contribution in [1.82, 2.24) is 0 Å². The van der Waals surface area contributed by atoms with E-state index in [2.05, 4.69) is 5.32 Å². The molecule has 3 rings (SSSR count). The molecule has 2 aliphatic heterocycles. The normalized spacial score (nSPS) is 19.5. The topological polar surface area (TPSA) is 66.2 Å². The molecule has 126 valence electrons. The van der Waals surface area contributed by atoms with Crippen LogP contribution in [0.15, 0.2) is 12.1 Å². The first-order valence-electron chi connectivity index (χ1n) is 8.46. The van der Waals surface area contributed by atoms with Crippen molar-refractivity contribution in [1.29, 1.82) is 0 Å². The standard InChI is InChI=1S/C16H23FN4O2/c17-13-11-16(21(22)23)15(20-9-5-18-6-10-20)12-14(13)19-7-3-1-2-4-8-19/h11-12,18H,1-10H2/p+1. The largest absolute Gasteiger partial charge is 0.369 e. The minimum atomic E-state index is -0.481. The fourth-order valence-electron chi connectivity index (χ4n) is 3.49. The van der Waals surface area contributed by atoms with Crippen LogP contribution in [-0.4, -0.2) is 44.2 Å². The summed E-state index contributed by atoms with van der Waals surface area (Å²) in [7, 11) is 0. The van der Waals surface area contributed by atoms with E-state index in [1.165, 1.54) is 12.8 Å². The van der Waals surface area contributed by atoms with E-state index >= 15 is 0 Å². The Balaban J connectivity index is 1.97. The quantitative estimate of drug-likeness (QED) is 0.676. The van der Waals surface area contributed by atoms with Crippen molar-refractivity contribution in [3.8, 4) is 0 Å². The molecule has 0 aliphatic carbocycles. The van der Waals surface area contributed by atoms with Gasteiger partial charge in [-0.15, -0.1) is 0 Å². The molecule has 0 saturated carbocycles. The number of quaternary nitrogens is 1. The van der Waals surface area contributed by atoms with Gasteiger partial charge in [0.25, 0.3) is 5.69 Å². The number of nitrogens with zero attached hydrogens (tertiary/aromatic N) is 3. The number of rotatable bonds is 3. The van der Waals surface area contributed by atoms with Gasteiger partial charge in [-0.3, -0.25) is 10.1 Å². The van der Waals surface area contributed by atoms with Crippen molar-refractivity contribution in [3.05, 3.63) is 28.1 Å². The van der Waals surface area contributed by atoms with Crippen LogP contribution in [0.1, 0.15) is 25.7 Å². The summed E-state index contributed by atoms with van der Waals surface area (Å²) in [5.41, 5.74) is 0.953. The number of nitro benzene ring substituents is 1. The third-order valence-corrected chi connectivity index (χ3v) is 4.73. The van der Waals surface area contributed by atoms with Crippen molar-refractivity contribution in [3.63, 3.8) is 0 Å². The van der Waals surface area contributed by atoms with Crippen molar-refractivity contribution in [2.24, 2.45) is 0 Å². The molecule has 23 heavy (non-hydrogen) atoms. The van der Waals surface area contributed by atoms with Gasteiger partial charge in [-0.2, -0.15) is 0 Å². The monoisotopic (exact) mass is 323 g/mol. The van der Waals surface area contributed by atoms with E-state index in [-0.39, 0.29) is 5.69 Å². The molecule has 1 aromatic rings. The summed E-state index contributed by atoms with van der Waals surface area (Å²) in [4.78, 5) is 14.9. The molecule has 1 aromatic carbocycles. The molecular formula is C16H24FN4O2+. The molecule has 0 bridgehead atoms. The molecular weight excluding hydrogens is 299 g/mol. The fourth-order valence-corrected chi connectivity index (χ4v) is 3.49. The van der Waals surface area contributed by atoms with Crippen LogP contribution in [0.5, 0.6) is 0 Å². The second-order valence-corrected chi connectivity index (χ2v) is 6.30. The molecule has 0 amide bonds. The second kappa shape index (κ2) is 7.12. The van der Waals surface area contributed by atoms with Crippen molar-refractivity contribution in [2.45, 2.75) is 25.7 Å². The van der Waals surface area contributed by atoms with Crippen LogP contribution in [0.2, 0.25) is 0 Å². The van der Waals surface area contributed by atoms with E-state index in [0.717, 1.165) is 58.2 Å².